The van der Waals surface area contributed by atoms with Crippen LogP contribution in [0.15, 0.2) is 103 Å². The summed E-state index contributed by atoms with van der Waals surface area (Å²) >= 11 is 0. The number of nitro benzene ring substituents is 1. The smallest absolute Gasteiger partial charge is 0.269 e. The van der Waals surface area contributed by atoms with Crippen LogP contribution in [-0.4, -0.2) is 116 Å². The third-order valence-corrected chi connectivity index (χ3v) is 17.7. The Balaban J connectivity index is 1.10. The molecule has 8 rings (SSSR count). The lowest BCUT2D eigenvalue weighted by Crippen LogP contribution is -2.60. The van der Waals surface area contributed by atoms with Gasteiger partial charge in [-0.15, -0.1) is 5.10 Å². The number of methoxy groups -OCH3 is 1. The van der Waals surface area contributed by atoms with Crippen molar-refractivity contribution in [3.8, 4) is 5.75 Å². The summed E-state index contributed by atoms with van der Waals surface area (Å²) in [4.78, 5) is 41.8. The molecule has 19 heteroatoms. The van der Waals surface area contributed by atoms with Gasteiger partial charge in [0.05, 0.1) is 56.7 Å². The Morgan fingerprint density at radius 2 is 1.69 bits per heavy atom. The first-order valence-electron chi connectivity index (χ1n) is 21.4. The fourth-order valence-electron chi connectivity index (χ4n) is 9.91. The molecule has 0 radical (unpaired) electrons. The van der Waals surface area contributed by atoms with E-state index in [1.807, 2.05) is 55.6 Å². The van der Waals surface area contributed by atoms with Crippen molar-refractivity contribution in [2.75, 3.05) is 23.9 Å². The van der Waals surface area contributed by atoms with Gasteiger partial charge in [-0.25, -0.2) is 0 Å². The number of ether oxygens (including phenoxy) is 3. The number of non-ortho nitro benzene ring substituents is 1. The molecule has 342 valence electrons. The number of rotatable bonds is 14. The maximum absolute atomic E-state index is 15.4. The molecule has 65 heavy (non-hydrogen) atoms. The van der Waals surface area contributed by atoms with Crippen molar-refractivity contribution >= 4 is 42.1 Å². The van der Waals surface area contributed by atoms with Crippen molar-refractivity contribution in [1.82, 2.24) is 15.0 Å². The van der Waals surface area contributed by atoms with Gasteiger partial charge in [-0.2, -0.15) is 0 Å². The molecule has 18 nitrogen and oxygen atoms in total. The predicted molar refractivity (Wildman–Crippen MR) is 238 cm³/mol. The van der Waals surface area contributed by atoms with E-state index in [4.69, 9.17) is 14.2 Å². The highest BCUT2D eigenvalue weighted by atomic mass is 28.3. The van der Waals surface area contributed by atoms with Gasteiger partial charge in [-0.05, 0) is 53.4 Å². The molecule has 0 bridgehead atoms. The zero-order chi connectivity index (χ0) is 46.4. The number of fused-ring (bicyclic) bond motifs is 2. The molecule has 4 heterocycles. The minimum Gasteiger partial charge on any atom is -0.497 e. The summed E-state index contributed by atoms with van der Waals surface area (Å²) in [6.07, 6.45) is -7.26. The quantitative estimate of drug-likeness (QED) is 0.0533. The summed E-state index contributed by atoms with van der Waals surface area (Å²) in [5.74, 6) is -1.38. The van der Waals surface area contributed by atoms with Gasteiger partial charge in [0.25, 0.3) is 17.5 Å². The van der Waals surface area contributed by atoms with Gasteiger partial charge in [0.1, 0.15) is 24.1 Å². The molecule has 10 atom stereocenters. The van der Waals surface area contributed by atoms with Crippen LogP contribution in [0.4, 0.5) is 17.1 Å². The number of aryl methyl sites for hydroxylation is 1. The van der Waals surface area contributed by atoms with Crippen LogP contribution in [0.1, 0.15) is 41.6 Å². The number of benzene rings is 4. The minimum atomic E-state index is -2.60. The van der Waals surface area contributed by atoms with Gasteiger partial charge in [-0.1, -0.05) is 85.0 Å². The van der Waals surface area contributed by atoms with Crippen LogP contribution in [0.5, 0.6) is 5.75 Å². The van der Waals surface area contributed by atoms with Crippen LogP contribution in [0.3, 0.4) is 0 Å². The average molecular weight is 909 g/mol. The second-order valence-corrected chi connectivity index (χ2v) is 22.1. The zero-order valence-electron chi connectivity index (χ0n) is 36.2. The highest BCUT2D eigenvalue weighted by Crippen LogP contribution is 2.60. The van der Waals surface area contributed by atoms with E-state index in [1.165, 1.54) is 12.1 Å². The van der Waals surface area contributed by atoms with E-state index in [2.05, 4.69) is 40.9 Å². The number of aromatic nitrogens is 3. The SMILES string of the molecule is COc1ccc([Si](C)(C)[C@H]2[C@H](CCn3cc(C(CO)c4ccccc4)nn3)O[C@@]3(C(=O)N(Cc4ccc(NC(=O)[C@H]5O[C@@H](O)[C@H](O)[C@@H](O)[C@@H]5O)cc4)c4ccc([N+](=O)[O-])cc43)[C@@H]2C)cc1. The molecule has 1 unspecified atom stereocenters. The Kier molecular flexibility index (Phi) is 12.8. The van der Waals surface area contributed by atoms with Gasteiger partial charge in [0.2, 0.25) is 0 Å². The number of carbonyl (C=O) groups is 2. The van der Waals surface area contributed by atoms with Gasteiger partial charge in [0, 0.05) is 42.0 Å². The molecule has 3 aliphatic heterocycles. The topological polar surface area (TPSA) is 252 Å². The summed E-state index contributed by atoms with van der Waals surface area (Å²) in [7, 11) is -0.989. The summed E-state index contributed by atoms with van der Waals surface area (Å²) in [6.45, 7) is 6.73. The lowest BCUT2D eigenvalue weighted by molar-refractivity contribution is -0.385. The van der Waals surface area contributed by atoms with Crippen LogP contribution in [0.25, 0.3) is 0 Å². The van der Waals surface area contributed by atoms with Crippen molar-refractivity contribution in [3.63, 3.8) is 0 Å². The average Bonchev–Trinajstić information content (AvgIpc) is 3.97. The first-order chi connectivity index (χ1) is 31.1. The number of aliphatic hydroxyl groups excluding tert-OH is 5. The third kappa shape index (κ3) is 8.34. The van der Waals surface area contributed by atoms with E-state index >= 15 is 4.79 Å². The largest absolute Gasteiger partial charge is 0.497 e. The second-order valence-electron chi connectivity index (χ2n) is 17.5. The van der Waals surface area contributed by atoms with Crippen LogP contribution in [-0.2, 0) is 37.8 Å². The van der Waals surface area contributed by atoms with E-state index < -0.39 is 67.2 Å². The van der Waals surface area contributed by atoms with Gasteiger partial charge < -0.3 is 50.0 Å². The van der Waals surface area contributed by atoms with E-state index in [0.29, 0.717) is 41.2 Å². The second kappa shape index (κ2) is 18.2. The van der Waals surface area contributed by atoms with Crippen molar-refractivity contribution in [2.45, 2.75) is 93.4 Å². The van der Waals surface area contributed by atoms with E-state index in [-0.39, 0.29) is 41.9 Å². The summed E-state index contributed by atoms with van der Waals surface area (Å²) in [6, 6.07) is 28.4. The van der Waals surface area contributed by atoms with Crippen molar-refractivity contribution in [3.05, 3.63) is 136 Å². The molecule has 1 spiro atoms. The molecule has 4 aromatic carbocycles. The normalized spacial score (nSPS) is 26.8. The van der Waals surface area contributed by atoms with Crippen molar-refractivity contribution < 1.29 is 54.3 Å². The van der Waals surface area contributed by atoms with Gasteiger partial charge in [-0.3, -0.25) is 24.4 Å². The molecular weight excluding hydrogens is 857 g/mol. The number of nitro groups is 1. The van der Waals surface area contributed by atoms with Crippen molar-refractivity contribution in [2.24, 2.45) is 5.92 Å². The molecular formula is C46H52N6O12Si. The Morgan fingerprint density at radius 1 is 0.985 bits per heavy atom. The van der Waals surface area contributed by atoms with Crippen LogP contribution in [0.2, 0.25) is 18.6 Å². The Bertz CT molecular complexity index is 2530. The lowest BCUT2D eigenvalue weighted by atomic mass is 9.82. The first-order valence-corrected chi connectivity index (χ1v) is 24.4. The fourth-order valence-corrected chi connectivity index (χ4v) is 14.0. The molecule has 0 saturated carbocycles. The number of carbonyl (C=O) groups excluding carboxylic acids is 2. The molecule has 2 amide bonds. The monoisotopic (exact) mass is 908 g/mol. The Labute approximate surface area is 375 Å². The van der Waals surface area contributed by atoms with E-state index in [1.54, 1.807) is 47.0 Å². The molecule has 2 saturated heterocycles. The summed E-state index contributed by atoms with van der Waals surface area (Å²) < 4.78 is 19.5. The zero-order valence-corrected chi connectivity index (χ0v) is 37.2. The highest BCUT2D eigenvalue weighted by molar-refractivity contribution is 6.91. The van der Waals surface area contributed by atoms with Crippen LogP contribution in [0, 0.1) is 16.0 Å². The van der Waals surface area contributed by atoms with Crippen LogP contribution < -0.4 is 20.1 Å². The molecule has 2 fully saturated rings. The third-order valence-electron chi connectivity index (χ3n) is 13.4. The van der Waals surface area contributed by atoms with Crippen molar-refractivity contribution in [1.29, 1.82) is 0 Å². The number of hydrogen-bond donors (Lipinski definition) is 6. The highest BCUT2D eigenvalue weighted by Gasteiger charge is 2.66. The maximum atomic E-state index is 15.4. The number of amides is 2. The number of nitrogens with zero attached hydrogens (tertiary/aromatic N) is 5. The molecule has 1 aromatic heterocycles. The number of aliphatic hydroxyl groups is 5. The number of nitrogens with one attached hydrogen (secondary N) is 1. The standard InChI is InChI=1S/C46H52N6O12Si/c1-26-42(65(3,4)32-17-15-31(62-2)16-18-32)37(20-21-50-24-35(48-49-50)33(25-53)28-8-6-5-7-9-28)64-46(26)34-22-30(52(60)61)14-19-36(34)51(45(46)59)23-27-10-12-29(13-11-27)47-43(57)41-39(55)38(54)40(56)44(58)63-41/h5-19,22,24,26,33,37-42,44,53-56,58H,20-21,23,25H2,1-4H3,(H,47,57)/t26-,33?,37+,38+,39+,40-,41+,42-,44-,46+/m1/s1. The first kappa shape index (κ1) is 45.7. The minimum absolute atomic E-state index is 0.0419. The summed E-state index contributed by atoms with van der Waals surface area (Å²) in [5, 5.41) is 75.3. The lowest BCUT2D eigenvalue weighted by Gasteiger charge is -2.37. The molecule has 6 N–H and O–H groups in total. The molecule has 3 aliphatic rings. The summed E-state index contributed by atoms with van der Waals surface area (Å²) in [5.41, 5.74) is 1.32. The Morgan fingerprint density at radius 3 is 2.35 bits per heavy atom. The Hall–Kier alpha value is -5.90. The number of hydrogen-bond acceptors (Lipinski definition) is 14. The van der Waals surface area contributed by atoms with E-state index in [9.17, 15) is 40.4 Å². The van der Waals surface area contributed by atoms with Gasteiger partial charge in [0.15, 0.2) is 18.0 Å². The predicted octanol–water partition coefficient (Wildman–Crippen LogP) is 2.91. The maximum Gasteiger partial charge on any atom is 0.269 e. The fraction of sp³-hybridized carbons (Fsp3) is 0.391. The van der Waals surface area contributed by atoms with Crippen LogP contribution >= 0.6 is 0 Å². The molecule has 0 aliphatic carbocycles. The molecule has 5 aromatic rings. The van der Waals surface area contributed by atoms with E-state index in [0.717, 1.165) is 10.8 Å². The van der Waals surface area contributed by atoms with Gasteiger partial charge >= 0.3 is 0 Å². The number of anilines is 2.